The molecule has 7 atom stereocenters. The molecule has 0 amide bonds. The third-order valence-corrected chi connectivity index (χ3v) is 8.13. The minimum absolute atomic E-state index is 0.231. The van der Waals surface area contributed by atoms with Crippen molar-refractivity contribution >= 4 is 0 Å². The number of fused-ring (bicyclic) bond motifs is 5. The zero-order valence-corrected chi connectivity index (χ0v) is 13.8. The summed E-state index contributed by atoms with van der Waals surface area (Å²) in [6, 6.07) is 0. The van der Waals surface area contributed by atoms with E-state index >= 15 is 0 Å². The number of hydrogen-bond acceptors (Lipinski definition) is 1. The smallest absolute Gasteiger partial charge is 0.0905 e. The molecular weight excluding hydrogens is 256 g/mol. The fourth-order valence-electron chi connectivity index (χ4n) is 6.58. The maximum Gasteiger partial charge on any atom is 0.0905 e. The molecular formula is C20H30O. The summed E-state index contributed by atoms with van der Waals surface area (Å²) in [7, 11) is 0. The molecule has 0 aromatic rings. The molecule has 0 aliphatic heterocycles. The van der Waals surface area contributed by atoms with Crippen LogP contribution in [0.4, 0.5) is 0 Å². The molecule has 3 fully saturated rings. The van der Waals surface area contributed by atoms with Crippen molar-refractivity contribution in [3.63, 3.8) is 0 Å². The highest BCUT2D eigenvalue weighted by molar-refractivity contribution is 5.33. The second-order valence-electron chi connectivity index (χ2n) is 8.76. The van der Waals surface area contributed by atoms with Crippen LogP contribution in [0.3, 0.4) is 0 Å². The zero-order valence-electron chi connectivity index (χ0n) is 13.8. The first-order valence-corrected chi connectivity index (χ1v) is 9.04. The summed E-state index contributed by atoms with van der Waals surface area (Å²) in [4.78, 5) is 0. The summed E-state index contributed by atoms with van der Waals surface area (Å²) < 4.78 is 0. The SMILES string of the molecule is C[C@H]1CCC2C3CCC4=C[C@@H](O)C=C[C@]4(C)C3CC[C@@]21C. The van der Waals surface area contributed by atoms with Crippen LogP contribution in [0.25, 0.3) is 0 Å². The molecule has 1 nitrogen and oxygen atoms in total. The van der Waals surface area contributed by atoms with Gasteiger partial charge in [-0.3, -0.25) is 0 Å². The third kappa shape index (κ3) is 1.79. The lowest BCUT2D eigenvalue weighted by molar-refractivity contribution is -0.0314. The predicted octanol–water partition coefficient (Wildman–Crippen LogP) is 4.72. The van der Waals surface area contributed by atoms with Gasteiger partial charge in [0.05, 0.1) is 6.10 Å². The lowest BCUT2D eigenvalue weighted by Crippen LogP contribution is -2.49. The fourth-order valence-corrected chi connectivity index (χ4v) is 6.58. The molecule has 0 aromatic heterocycles. The zero-order chi connectivity index (χ0) is 14.8. The van der Waals surface area contributed by atoms with E-state index in [1.165, 1.54) is 44.1 Å². The normalized spacial score (nSPS) is 55.4. The van der Waals surface area contributed by atoms with Gasteiger partial charge >= 0.3 is 0 Å². The lowest BCUT2D eigenvalue weighted by atomic mass is 9.48. The Bertz CT molecular complexity index is 504. The Morgan fingerprint density at radius 3 is 2.71 bits per heavy atom. The van der Waals surface area contributed by atoms with Gasteiger partial charge in [0.2, 0.25) is 0 Å². The maximum atomic E-state index is 9.92. The summed E-state index contributed by atoms with van der Waals surface area (Å²) >= 11 is 0. The molecule has 0 bridgehead atoms. The van der Waals surface area contributed by atoms with Crippen LogP contribution in [0.15, 0.2) is 23.8 Å². The van der Waals surface area contributed by atoms with Crippen molar-refractivity contribution in [2.45, 2.75) is 65.4 Å². The van der Waals surface area contributed by atoms with Gasteiger partial charge < -0.3 is 5.11 Å². The van der Waals surface area contributed by atoms with Crippen molar-refractivity contribution in [2.75, 3.05) is 0 Å². The van der Waals surface area contributed by atoms with Gasteiger partial charge in [0.25, 0.3) is 0 Å². The standard InChI is InChI=1S/C20H30O/c1-13-4-7-17-16-6-5-14-12-15(21)8-10-20(14,3)18(16)9-11-19(13,17)2/h8,10,12-13,15-18,21H,4-7,9,11H2,1-3H3/t13-,15-,16?,17?,18?,19+,20-/m0/s1. The Balaban J connectivity index is 1.69. The first-order chi connectivity index (χ1) is 9.95. The summed E-state index contributed by atoms with van der Waals surface area (Å²) in [5.41, 5.74) is 2.36. The highest BCUT2D eigenvalue weighted by Gasteiger charge is 2.57. The van der Waals surface area contributed by atoms with E-state index in [2.05, 4.69) is 32.9 Å². The highest BCUT2D eigenvalue weighted by atomic mass is 16.3. The molecule has 0 aromatic carbocycles. The second-order valence-corrected chi connectivity index (χ2v) is 8.76. The molecule has 4 aliphatic rings. The van der Waals surface area contributed by atoms with Gasteiger partial charge in [-0.1, -0.05) is 44.6 Å². The minimum Gasteiger partial charge on any atom is -0.385 e. The van der Waals surface area contributed by atoms with Crippen molar-refractivity contribution < 1.29 is 5.11 Å². The number of aliphatic hydroxyl groups is 1. The van der Waals surface area contributed by atoms with Gasteiger partial charge in [-0.15, -0.1) is 0 Å². The second kappa shape index (κ2) is 4.47. The Hall–Kier alpha value is -0.560. The molecule has 0 saturated heterocycles. The largest absolute Gasteiger partial charge is 0.385 e. The Morgan fingerprint density at radius 1 is 1.10 bits per heavy atom. The summed E-state index contributed by atoms with van der Waals surface area (Å²) in [5, 5.41) is 9.92. The van der Waals surface area contributed by atoms with E-state index in [0.717, 1.165) is 23.7 Å². The molecule has 4 rings (SSSR count). The van der Waals surface area contributed by atoms with Gasteiger partial charge in [-0.05, 0) is 67.6 Å². The third-order valence-electron chi connectivity index (χ3n) is 8.13. The fraction of sp³-hybridized carbons (Fsp3) is 0.800. The van der Waals surface area contributed by atoms with E-state index in [1.807, 2.05) is 6.08 Å². The summed E-state index contributed by atoms with van der Waals surface area (Å²) in [5.74, 6) is 3.59. The Kier molecular flexibility index (Phi) is 2.99. The van der Waals surface area contributed by atoms with Gasteiger partial charge in [0, 0.05) is 5.41 Å². The maximum absolute atomic E-state index is 9.92. The summed E-state index contributed by atoms with van der Waals surface area (Å²) in [6.07, 6.45) is 14.4. The highest BCUT2D eigenvalue weighted by Crippen LogP contribution is 2.65. The van der Waals surface area contributed by atoms with Gasteiger partial charge in [0.1, 0.15) is 0 Å². The van der Waals surface area contributed by atoms with Gasteiger partial charge in [-0.2, -0.15) is 0 Å². The predicted molar refractivity (Wildman–Crippen MR) is 86.8 cm³/mol. The van der Waals surface area contributed by atoms with Gasteiger partial charge in [0.15, 0.2) is 0 Å². The molecule has 116 valence electrons. The van der Waals surface area contributed by atoms with Crippen molar-refractivity contribution in [2.24, 2.45) is 34.5 Å². The van der Waals surface area contributed by atoms with Crippen LogP contribution in [-0.4, -0.2) is 11.2 Å². The molecule has 0 heterocycles. The molecule has 3 unspecified atom stereocenters. The molecule has 21 heavy (non-hydrogen) atoms. The molecule has 1 heteroatoms. The molecule has 3 saturated carbocycles. The van der Waals surface area contributed by atoms with Crippen LogP contribution < -0.4 is 0 Å². The van der Waals surface area contributed by atoms with Crippen LogP contribution >= 0.6 is 0 Å². The topological polar surface area (TPSA) is 20.2 Å². The molecule has 4 aliphatic carbocycles. The Morgan fingerprint density at radius 2 is 1.90 bits per heavy atom. The van der Waals surface area contributed by atoms with Crippen LogP contribution in [0.2, 0.25) is 0 Å². The summed E-state index contributed by atoms with van der Waals surface area (Å²) in [6.45, 7) is 7.52. The minimum atomic E-state index is -0.343. The Labute approximate surface area is 129 Å². The van der Waals surface area contributed by atoms with Crippen molar-refractivity contribution in [1.29, 1.82) is 0 Å². The number of aliphatic hydroxyl groups excluding tert-OH is 1. The molecule has 0 spiro atoms. The first-order valence-electron chi connectivity index (χ1n) is 9.04. The van der Waals surface area contributed by atoms with E-state index in [9.17, 15) is 5.11 Å². The van der Waals surface area contributed by atoms with Gasteiger partial charge in [-0.25, -0.2) is 0 Å². The van der Waals surface area contributed by atoms with Crippen molar-refractivity contribution in [3.8, 4) is 0 Å². The van der Waals surface area contributed by atoms with Crippen molar-refractivity contribution in [1.82, 2.24) is 0 Å². The average molecular weight is 286 g/mol. The first kappa shape index (κ1) is 14.1. The molecule has 0 radical (unpaired) electrons. The quantitative estimate of drug-likeness (QED) is 0.639. The van der Waals surface area contributed by atoms with E-state index < -0.39 is 0 Å². The number of hydrogen-bond donors (Lipinski definition) is 1. The van der Waals surface area contributed by atoms with Crippen LogP contribution in [0.5, 0.6) is 0 Å². The number of rotatable bonds is 0. The van der Waals surface area contributed by atoms with E-state index in [1.54, 1.807) is 0 Å². The van der Waals surface area contributed by atoms with Crippen LogP contribution in [0, 0.1) is 34.5 Å². The van der Waals surface area contributed by atoms with E-state index in [0.29, 0.717) is 5.41 Å². The molecule has 1 N–H and O–H groups in total. The van der Waals surface area contributed by atoms with E-state index in [-0.39, 0.29) is 11.5 Å². The number of allylic oxidation sites excluding steroid dienone is 2. The lowest BCUT2D eigenvalue weighted by Gasteiger charge is -2.57. The monoisotopic (exact) mass is 286 g/mol. The van der Waals surface area contributed by atoms with Crippen LogP contribution in [0.1, 0.15) is 59.3 Å². The van der Waals surface area contributed by atoms with Crippen LogP contribution in [-0.2, 0) is 0 Å². The van der Waals surface area contributed by atoms with E-state index in [4.69, 9.17) is 0 Å². The average Bonchev–Trinajstić information content (AvgIpc) is 2.76. The van der Waals surface area contributed by atoms with Crippen molar-refractivity contribution in [3.05, 3.63) is 23.8 Å².